The zero-order valence-electron chi connectivity index (χ0n) is 9.12. The van der Waals surface area contributed by atoms with E-state index in [4.69, 9.17) is 0 Å². The van der Waals surface area contributed by atoms with Gasteiger partial charge in [0.25, 0.3) is 5.69 Å². The summed E-state index contributed by atoms with van der Waals surface area (Å²) in [5.41, 5.74) is 1.53. The molecule has 2 N–H and O–H groups in total. The topological polar surface area (TPSA) is 92.1 Å². The Kier molecular flexibility index (Phi) is 4.17. The maximum absolute atomic E-state index is 10.8. The Morgan fingerprint density at radius 2 is 2.22 bits per heavy atom. The lowest BCUT2D eigenvalue weighted by molar-refractivity contribution is -0.385. The normalized spacial score (nSPS) is 11.7. The van der Waals surface area contributed by atoms with Gasteiger partial charge in [-0.1, -0.05) is 19.6 Å². The summed E-state index contributed by atoms with van der Waals surface area (Å²) in [5, 5.41) is 20.8. The van der Waals surface area contributed by atoms with Crippen molar-refractivity contribution in [3.8, 4) is 0 Å². The van der Waals surface area contributed by atoms with Gasteiger partial charge in [0.1, 0.15) is 6.10 Å². The number of aromatic nitrogens is 2. The van der Waals surface area contributed by atoms with Gasteiger partial charge in [-0.3, -0.25) is 10.1 Å². The SMILES string of the molecule is C.Cc1ccc(C(O)c2cnc[nH]2)cc1[N+](=O)[O-]. The number of H-pyrrole nitrogens is 1. The maximum atomic E-state index is 10.8. The van der Waals surface area contributed by atoms with E-state index in [1.807, 2.05) is 0 Å². The van der Waals surface area contributed by atoms with Crippen LogP contribution in [0.4, 0.5) is 5.69 Å². The number of aliphatic hydroxyl groups excluding tert-OH is 1. The number of hydrogen-bond acceptors (Lipinski definition) is 4. The molecule has 1 atom stereocenters. The number of nitro benzene ring substituents is 1. The number of imidazole rings is 1. The first kappa shape index (κ1) is 13.9. The van der Waals surface area contributed by atoms with Crippen LogP contribution in [0.25, 0.3) is 0 Å². The number of aliphatic hydroxyl groups is 1. The van der Waals surface area contributed by atoms with Gasteiger partial charge in [-0.2, -0.15) is 0 Å². The Hall–Kier alpha value is -2.21. The Balaban J connectivity index is 0.00000162. The Morgan fingerprint density at radius 1 is 1.50 bits per heavy atom. The van der Waals surface area contributed by atoms with Crippen LogP contribution in [0.1, 0.15) is 30.4 Å². The fourth-order valence-electron chi connectivity index (χ4n) is 1.59. The Morgan fingerprint density at radius 3 is 2.78 bits per heavy atom. The van der Waals surface area contributed by atoms with Crippen molar-refractivity contribution in [2.45, 2.75) is 20.5 Å². The summed E-state index contributed by atoms with van der Waals surface area (Å²) in [6.07, 6.45) is 1.99. The van der Waals surface area contributed by atoms with Crippen LogP contribution in [0.15, 0.2) is 30.7 Å². The molecule has 2 rings (SSSR count). The second kappa shape index (κ2) is 5.42. The van der Waals surface area contributed by atoms with E-state index in [9.17, 15) is 15.2 Å². The molecule has 0 spiro atoms. The highest BCUT2D eigenvalue weighted by Crippen LogP contribution is 2.26. The van der Waals surface area contributed by atoms with Crippen molar-refractivity contribution in [2.24, 2.45) is 0 Å². The van der Waals surface area contributed by atoms with Crippen molar-refractivity contribution in [1.29, 1.82) is 0 Å². The van der Waals surface area contributed by atoms with Crippen molar-refractivity contribution in [3.63, 3.8) is 0 Å². The van der Waals surface area contributed by atoms with E-state index in [1.54, 1.807) is 19.1 Å². The third kappa shape index (κ3) is 2.54. The minimum Gasteiger partial charge on any atom is -0.382 e. The van der Waals surface area contributed by atoms with Crippen LogP contribution >= 0.6 is 0 Å². The van der Waals surface area contributed by atoms with Crippen molar-refractivity contribution < 1.29 is 10.0 Å². The van der Waals surface area contributed by atoms with E-state index >= 15 is 0 Å². The number of nitro groups is 1. The van der Waals surface area contributed by atoms with Crippen LogP contribution in [0.5, 0.6) is 0 Å². The molecule has 1 aromatic carbocycles. The largest absolute Gasteiger partial charge is 0.382 e. The van der Waals surface area contributed by atoms with Gasteiger partial charge in [0.05, 0.1) is 23.1 Å². The van der Waals surface area contributed by atoms with Crippen LogP contribution < -0.4 is 0 Å². The Bertz CT molecular complexity index is 538. The molecule has 0 aliphatic carbocycles. The first-order chi connectivity index (χ1) is 8.09. The summed E-state index contributed by atoms with van der Waals surface area (Å²) in [6.45, 7) is 1.66. The highest BCUT2D eigenvalue weighted by atomic mass is 16.6. The van der Waals surface area contributed by atoms with Crippen molar-refractivity contribution >= 4 is 5.69 Å². The van der Waals surface area contributed by atoms with Crippen molar-refractivity contribution in [3.05, 3.63) is 57.7 Å². The van der Waals surface area contributed by atoms with Gasteiger partial charge in [0.2, 0.25) is 0 Å². The number of rotatable bonds is 3. The van der Waals surface area contributed by atoms with E-state index in [0.29, 0.717) is 16.8 Å². The molecule has 2 aromatic rings. The molecule has 6 heteroatoms. The molecule has 1 aromatic heterocycles. The highest BCUT2D eigenvalue weighted by molar-refractivity contribution is 5.44. The molecule has 0 fully saturated rings. The van der Waals surface area contributed by atoms with Crippen LogP contribution in [0.2, 0.25) is 0 Å². The molecule has 0 aliphatic heterocycles. The molecule has 0 amide bonds. The van der Waals surface area contributed by atoms with E-state index in [1.165, 1.54) is 18.6 Å². The molecule has 6 nitrogen and oxygen atoms in total. The van der Waals surface area contributed by atoms with E-state index in [0.717, 1.165) is 0 Å². The zero-order valence-corrected chi connectivity index (χ0v) is 9.12. The first-order valence-electron chi connectivity index (χ1n) is 5.01. The van der Waals surface area contributed by atoms with Gasteiger partial charge in [0, 0.05) is 11.6 Å². The molecule has 1 unspecified atom stereocenters. The van der Waals surface area contributed by atoms with Crippen LogP contribution in [0, 0.1) is 17.0 Å². The molecule has 0 radical (unpaired) electrons. The van der Waals surface area contributed by atoms with Crippen LogP contribution in [-0.2, 0) is 0 Å². The highest BCUT2D eigenvalue weighted by Gasteiger charge is 2.17. The van der Waals surface area contributed by atoms with Gasteiger partial charge >= 0.3 is 0 Å². The number of aromatic amines is 1. The molecule has 1 heterocycles. The van der Waals surface area contributed by atoms with E-state index < -0.39 is 11.0 Å². The smallest absolute Gasteiger partial charge is 0.272 e. The number of nitrogens with zero attached hydrogens (tertiary/aromatic N) is 2. The van der Waals surface area contributed by atoms with Crippen molar-refractivity contribution in [2.75, 3.05) is 0 Å². The summed E-state index contributed by atoms with van der Waals surface area (Å²) in [5.74, 6) is 0. The van der Waals surface area contributed by atoms with Crippen molar-refractivity contribution in [1.82, 2.24) is 9.97 Å². The lowest BCUT2D eigenvalue weighted by Gasteiger charge is -2.09. The fourth-order valence-corrected chi connectivity index (χ4v) is 1.59. The minimum atomic E-state index is -0.934. The predicted molar refractivity (Wildman–Crippen MR) is 67.2 cm³/mol. The van der Waals surface area contributed by atoms with Gasteiger partial charge in [-0.15, -0.1) is 0 Å². The molecule has 96 valence electrons. The zero-order chi connectivity index (χ0) is 12.4. The number of benzene rings is 1. The molecular weight excluding hydrogens is 234 g/mol. The second-order valence-corrected chi connectivity index (χ2v) is 3.71. The standard InChI is InChI=1S/C11H11N3O3.CH4/c1-7-2-3-8(4-10(7)14(16)17)11(15)9-5-12-6-13-9;/h2-6,11,15H,1H3,(H,12,13);1H4. The lowest BCUT2D eigenvalue weighted by Crippen LogP contribution is -2.02. The summed E-state index contributed by atoms with van der Waals surface area (Å²) in [7, 11) is 0. The lowest BCUT2D eigenvalue weighted by atomic mass is 10.0. The first-order valence-corrected chi connectivity index (χ1v) is 5.01. The molecule has 0 aliphatic rings. The maximum Gasteiger partial charge on any atom is 0.272 e. The summed E-state index contributed by atoms with van der Waals surface area (Å²) >= 11 is 0. The van der Waals surface area contributed by atoms with Gasteiger partial charge in [-0.25, -0.2) is 4.98 Å². The molecule has 18 heavy (non-hydrogen) atoms. The monoisotopic (exact) mass is 249 g/mol. The minimum absolute atomic E-state index is 0. The average molecular weight is 249 g/mol. The van der Waals surface area contributed by atoms with Crippen LogP contribution in [0.3, 0.4) is 0 Å². The predicted octanol–water partition coefficient (Wildman–Crippen LogP) is 2.34. The third-order valence-electron chi connectivity index (χ3n) is 2.56. The summed E-state index contributed by atoms with van der Waals surface area (Å²) in [4.78, 5) is 16.9. The number of hydrogen-bond donors (Lipinski definition) is 2. The summed E-state index contributed by atoms with van der Waals surface area (Å²) in [6, 6.07) is 4.65. The van der Waals surface area contributed by atoms with Gasteiger partial charge < -0.3 is 10.1 Å². The number of aryl methyl sites for hydroxylation is 1. The molecular formula is C12H15N3O3. The van der Waals surface area contributed by atoms with Gasteiger partial charge in [-0.05, 0) is 12.5 Å². The third-order valence-corrected chi connectivity index (χ3v) is 2.56. The van der Waals surface area contributed by atoms with E-state index in [-0.39, 0.29) is 13.1 Å². The number of nitrogens with one attached hydrogen (secondary N) is 1. The molecule has 0 saturated carbocycles. The molecule has 0 saturated heterocycles. The molecule has 0 bridgehead atoms. The van der Waals surface area contributed by atoms with E-state index in [2.05, 4.69) is 9.97 Å². The summed E-state index contributed by atoms with van der Waals surface area (Å²) < 4.78 is 0. The quantitative estimate of drug-likeness (QED) is 0.645. The fraction of sp³-hybridized carbons (Fsp3) is 0.250. The van der Waals surface area contributed by atoms with Gasteiger partial charge in [0.15, 0.2) is 0 Å². The second-order valence-electron chi connectivity index (χ2n) is 3.71. The average Bonchev–Trinajstić information content (AvgIpc) is 2.81. The Labute approximate surface area is 104 Å². The van der Waals surface area contributed by atoms with Crippen LogP contribution in [-0.4, -0.2) is 20.0 Å².